The van der Waals surface area contributed by atoms with Crippen molar-refractivity contribution in [3.63, 3.8) is 0 Å². The molecule has 32 heavy (non-hydrogen) atoms. The summed E-state index contributed by atoms with van der Waals surface area (Å²) in [6.45, 7) is 3.75. The van der Waals surface area contributed by atoms with Crippen LogP contribution < -0.4 is 0 Å². The van der Waals surface area contributed by atoms with E-state index >= 15 is 0 Å². The summed E-state index contributed by atoms with van der Waals surface area (Å²) in [5, 5.41) is 0. The van der Waals surface area contributed by atoms with Crippen LogP contribution in [0.25, 0.3) is 0 Å². The van der Waals surface area contributed by atoms with E-state index in [4.69, 9.17) is 19.2 Å². The summed E-state index contributed by atoms with van der Waals surface area (Å²) < 4.78 is 10.9. The number of hydrogen-bond donors (Lipinski definition) is 0. The van der Waals surface area contributed by atoms with Gasteiger partial charge in [0, 0.05) is 31.8 Å². The van der Waals surface area contributed by atoms with Crippen LogP contribution >= 0.6 is 0 Å². The lowest BCUT2D eigenvalue weighted by Crippen LogP contribution is -2.29. The molecule has 2 bridgehead atoms. The molecule has 1 aromatic rings. The molecule has 1 saturated carbocycles. The highest BCUT2D eigenvalue weighted by Gasteiger charge is 2.49. The fourth-order valence-corrected chi connectivity index (χ4v) is 4.57. The molecule has 3 rings (SSSR count). The Kier molecular flexibility index (Phi) is 9.97. The second-order valence-electron chi connectivity index (χ2n) is 9.07. The standard InChI is InChI=1S/C27H38O5/c1-20(2)30-27(28)14-10-5-4-9-13-23-24(26-19-25(23)31-32-26)18-17-22(29-3)16-15-21-11-7-6-8-12-21/h4,6-9,11-12,17-18,20,22-26H,5,10,13-16,19H2,1-3H3/b9-4-,18-17+/t22-,23+,24+,25-,26+/m0/s1. The van der Waals surface area contributed by atoms with Crippen LogP contribution in [0.2, 0.25) is 0 Å². The summed E-state index contributed by atoms with van der Waals surface area (Å²) in [6, 6.07) is 10.5. The molecule has 1 aliphatic carbocycles. The third kappa shape index (κ3) is 7.58. The Labute approximate surface area is 192 Å². The molecule has 5 atom stereocenters. The van der Waals surface area contributed by atoms with Gasteiger partial charge in [-0.2, -0.15) is 0 Å². The van der Waals surface area contributed by atoms with E-state index in [0.717, 1.165) is 38.5 Å². The molecule has 2 aliphatic rings. The first-order chi connectivity index (χ1) is 15.6. The zero-order chi connectivity index (χ0) is 22.8. The Morgan fingerprint density at radius 2 is 1.94 bits per heavy atom. The van der Waals surface area contributed by atoms with E-state index in [-0.39, 0.29) is 30.4 Å². The van der Waals surface area contributed by atoms with Gasteiger partial charge in [-0.1, -0.05) is 54.6 Å². The number of esters is 1. The maximum absolute atomic E-state index is 11.6. The number of benzene rings is 1. The van der Waals surface area contributed by atoms with Crippen LogP contribution in [0.3, 0.4) is 0 Å². The summed E-state index contributed by atoms with van der Waals surface area (Å²) in [5.41, 5.74) is 1.33. The van der Waals surface area contributed by atoms with Gasteiger partial charge in [-0.3, -0.25) is 4.79 Å². The van der Waals surface area contributed by atoms with E-state index in [1.54, 1.807) is 7.11 Å². The Morgan fingerprint density at radius 3 is 2.69 bits per heavy atom. The number of allylic oxidation sites excluding steroid dienone is 2. The van der Waals surface area contributed by atoms with Crippen LogP contribution in [-0.4, -0.2) is 37.5 Å². The molecule has 0 N–H and O–H groups in total. The van der Waals surface area contributed by atoms with Crippen molar-refractivity contribution < 1.29 is 24.0 Å². The summed E-state index contributed by atoms with van der Waals surface area (Å²) >= 11 is 0. The number of carbonyl (C=O) groups excluding carboxylic acids is 1. The highest BCUT2D eigenvalue weighted by atomic mass is 17.2. The zero-order valence-corrected chi connectivity index (χ0v) is 19.7. The van der Waals surface area contributed by atoms with Crippen LogP contribution in [0.5, 0.6) is 0 Å². The van der Waals surface area contributed by atoms with E-state index in [1.807, 2.05) is 19.9 Å². The van der Waals surface area contributed by atoms with Gasteiger partial charge in [-0.15, -0.1) is 0 Å². The van der Waals surface area contributed by atoms with Crippen molar-refractivity contribution >= 4 is 5.97 Å². The van der Waals surface area contributed by atoms with Crippen molar-refractivity contribution in [1.29, 1.82) is 0 Å². The van der Waals surface area contributed by atoms with E-state index in [2.05, 4.69) is 48.6 Å². The monoisotopic (exact) mass is 442 g/mol. The van der Waals surface area contributed by atoms with Gasteiger partial charge < -0.3 is 9.47 Å². The van der Waals surface area contributed by atoms with Crippen molar-refractivity contribution in [2.24, 2.45) is 11.8 Å². The lowest BCUT2D eigenvalue weighted by atomic mass is 9.89. The van der Waals surface area contributed by atoms with Crippen LogP contribution in [0.15, 0.2) is 54.6 Å². The van der Waals surface area contributed by atoms with Gasteiger partial charge in [-0.05, 0) is 51.5 Å². The molecule has 176 valence electrons. The van der Waals surface area contributed by atoms with Crippen LogP contribution in [0.1, 0.15) is 57.9 Å². The van der Waals surface area contributed by atoms with Crippen LogP contribution in [-0.2, 0) is 30.5 Å². The highest BCUT2D eigenvalue weighted by Crippen LogP contribution is 2.45. The predicted molar refractivity (Wildman–Crippen MR) is 125 cm³/mol. The SMILES string of the molecule is CO[C@H](/C=C/[C@@H]1[C@@H](C/C=C\CCCC(=O)OC(C)C)[C@@H]2C[C@H]1OO2)CCc1ccccc1. The van der Waals surface area contributed by atoms with Gasteiger partial charge in [-0.25, -0.2) is 9.78 Å². The second-order valence-corrected chi connectivity index (χ2v) is 9.07. The number of rotatable bonds is 13. The lowest BCUT2D eigenvalue weighted by molar-refractivity contribution is -0.336. The predicted octanol–water partition coefficient (Wildman–Crippen LogP) is 5.59. The Morgan fingerprint density at radius 1 is 1.16 bits per heavy atom. The van der Waals surface area contributed by atoms with Gasteiger partial charge in [0.15, 0.2) is 0 Å². The molecule has 1 saturated heterocycles. The van der Waals surface area contributed by atoms with Gasteiger partial charge in [0.25, 0.3) is 0 Å². The third-order valence-electron chi connectivity index (χ3n) is 6.27. The van der Waals surface area contributed by atoms with Gasteiger partial charge >= 0.3 is 5.97 Å². The largest absolute Gasteiger partial charge is 0.463 e. The minimum atomic E-state index is -0.114. The molecular formula is C27H38O5. The molecule has 1 aromatic carbocycles. The van der Waals surface area contributed by atoms with Crippen LogP contribution in [0.4, 0.5) is 0 Å². The second kappa shape index (κ2) is 12.9. The lowest BCUT2D eigenvalue weighted by Gasteiger charge is -2.27. The zero-order valence-electron chi connectivity index (χ0n) is 19.7. The number of fused-ring (bicyclic) bond motifs is 2. The summed E-state index contributed by atoms with van der Waals surface area (Å²) in [4.78, 5) is 22.7. The first-order valence-corrected chi connectivity index (χ1v) is 12.0. The van der Waals surface area contributed by atoms with Gasteiger partial charge in [0.1, 0.15) is 6.10 Å². The van der Waals surface area contributed by atoms with E-state index in [1.165, 1.54) is 5.56 Å². The first-order valence-electron chi connectivity index (χ1n) is 12.0. The number of methoxy groups -OCH3 is 1. The molecule has 1 heterocycles. The minimum Gasteiger partial charge on any atom is -0.463 e. The number of ether oxygens (including phenoxy) is 2. The average molecular weight is 443 g/mol. The molecule has 0 unspecified atom stereocenters. The summed E-state index contributed by atoms with van der Waals surface area (Å²) in [6.07, 6.45) is 15.3. The molecule has 5 heteroatoms. The van der Waals surface area contributed by atoms with Crippen molar-refractivity contribution in [3.05, 3.63) is 60.2 Å². The molecule has 0 amide bonds. The maximum Gasteiger partial charge on any atom is 0.306 e. The smallest absolute Gasteiger partial charge is 0.306 e. The highest BCUT2D eigenvalue weighted by molar-refractivity contribution is 5.69. The summed E-state index contributed by atoms with van der Waals surface area (Å²) in [7, 11) is 1.78. The fraction of sp³-hybridized carbons (Fsp3) is 0.593. The normalized spacial score (nSPS) is 25.9. The average Bonchev–Trinajstić information content (AvgIpc) is 3.38. The molecule has 1 aliphatic heterocycles. The molecule has 0 radical (unpaired) electrons. The molecule has 2 fully saturated rings. The van der Waals surface area contributed by atoms with E-state index < -0.39 is 0 Å². The fourth-order valence-electron chi connectivity index (χ4n) is 4.57. The molecular weight excluding hydrogens is 404 g/mol. The van der Waals surface area contributed by atoms with Crippen molar-refractivity contribution in [2.75, 3.05) is 7.11 Å². The van der Waals surface area contributed by atoms with E-state index in [9.17, 15) is 4.79 Å². The third-order valence-corrected chi connectivity index (χ3v) is 6.27. The first kappa shape index (κ1) is 24.7. The van der Waals surface area contributed by atoms with Crippen molar-refractivity contribution in [1.82, 2.24) is 0 Å². The number of unbranched alkanes of at least 4 members (excludes halogenated alkanes) is 1. The van der Waals surface area contributed by atoms with Gasteiger partial charge in [0.2, 0.25) is 0 Å². The number of carbonyl (C=O) groups is 1. The summed E-state index contributed by atoms with van der Waals surface area (Å²) in [5.74, 6) is 0.643. The Hall–Kier alpha value is -1.95. The van der Waals surface area contributed by atoms with Crippen molar-refractivity contribution in [3.8, 4) is 0 Å². The topological polar surface area (TPSA) is 54.0 Å². The van der Waals surface area contributed by atoms with E-state index in [0.29, 0.717) is 18.3 Å². The molecule has 0 spiro atoms. The Bertz CT molecular complexity index is 742. The molecule has 5 nitrogen and oxygen atoms in total. The van der Waals surface area contributed by atoms with Gasteiger partial charge in [0.05, 0.1) is 18.3 Å². The molecule has 0 aromatic heterocycles. The maximum atomic E-state index is 11.6. The Balaban J connectivity index is 1.44. The number of aryl methyl sites for hydroxylation is 1. The van der Waals surface area contributed by atoms with Crippen molar-refractivity contribution in [2.45, 2.75) is 83.2 Å². The minimum absolute atomic E-state index is 0.0425. The van der Waals surface area contributed by atoms with Crippen LogP contribution in [0, 0.1) is 11.8 Å². The number of hydrogen-bond acceptors (Lipinski definition) is 5. The quantitative estimate of drug-likeness (QED) is 0.172.